The topological polar surface area (TPSA) is 67.9 Å². The predicted octanol–water partition coefficient (Wildman–Crippen LogP) is 4.04. The number of rotatable bonds is 9. The molecule has 0 aromatic heterocycles. The lowest BCUT2D eigenvalue weighted by Gasteiger charge is -2.32. The van der Waals surface area contributed by atoms with E-state index in [4.69, 9.17) is 4.74 Å². The Bertz CT molecular complexity index is 880. The first-order valence-electron chi connectivity index (χ1n) is 10.8. The molecule has 8 heteroatoms. The van der Waals surface area contributed by atoms with Gasteiger partial charge in [-0.2, -0.15) is 8.78 Å². The molecule has 1 fully saturated rings. The van der Waals surface area contributed by atoms with Gasteiger partial charge in [0.1, 0.15) is 11.5 Å². The second-order valence-electron chi connectivity index (χ2n) is 7.61. The number of alkyl halides is 2. The van der Waals surface area contributed by atoms with Crippen LogP contribution in [0.1, 0.15) is 42.1 Å². The van der Waals surface area contributed by atoms with Crippen LogP contribution in [0.4, 0.5) is 8.78 Å². The lowest BCUT2D eigenvalue weighted by atomic mass is 10.0. The maximum atomic E-state index is 12.7. The Kier molecular flexibility index (Phi) is 8.41. The number of aryl methyl sites for hydroxylation is 1. The van der Waals surface area contributed by atoms with E-state index < -0.39 is 6.61 Å². The van der Waals surface area contributed by atoms with Gasteiger partial charge in [-0.15, -0.1) is 0 Å². The maximum absolute atomic E-state index is 12.7. The normalized spacial score (nSPS) is 14.3. The number of piperidine rings is 1. The molecular formula is C24H28F2N2O4. The van der Waals surface area contributed by atoms with E-state index in [2.05, 4.69) is 10.1 Å². The fourth-order valence-electron chi connectivity index (χ4n) is 3.67. The van der Waals surface area contributed by atoms with Crippen molar-refractivity contribution in [2.45, 2.75) is 45.3 Å². The summed E-state index contributed by atoms with van der Waals surface area (Å²) < 4.78 is 34.1. The van der Waals surface area contributed by atoms with E-state index in [1.807, 2.05) is 6.92 Å². The third-order valence-corrected chi connectivity index (χ3v) is 5.35. The molecule has 0 spiro atoms. The van der Waals surface area contributed by atoms with E-state index in [-0.39, 0.29) is 23.6 Å². The number of carbonyl (C=O) groups excluding carboxylic acids is 2. The number of hydrogen-bond donors (Lipinski definition) is 1. The fraction of sp³-hybridized carbons (Fsp3) is 0.417. The van der Waals surface area contributed by atoms with Crippen molar-refractivity contribution < 1.29 is 27.8 Å². The molecule has 2 aromatic carbocycles. The molecule has 1 aliphatic rings. The molecule has 32 heavy (non-hydrogen) atoms. The summed E-state index contributed by atoms with van der Waals surface area (Å²) in [4.78, 5) is 26.8. The Labute approximate surface area is 186 Å². The molecule has 1 saturated heterocycles. The summed E-state index contributed by atoms with van der Waals surface area (Å²) in [5, 5.41) is 3.03. The number of likely N-dealkylation sites (tertiary alicyclic amines) is 1. The van der Waals surface area contributed by atoms with Gasteiger partial charge in [0.2, 0.25) is 5.91 Å². The molecule has 0 atom stereocenters. The van der Waals surface area contributed by atoms with Gasteiger partial charge in [-0.05, 0) is 68.1 Å². The Morgan fingerprint density at radius 3 is 2.25 bits per heavy atom. The van der Waals surface area contributed by atoms with Crippen LogP contribution in [0.2, 0.25) is 0 Å². The van der Waals surface area contributed by atoms with Crippen molar-refractivity contribution in [2.75, 3.05) is 19.7 Å². The lowest BCUT2D eigenvalue weighted by molar-refractivity contribution is -0.122. The molecule has 172 valence electrons. The molecule has 0 unspecified atom stereocenters. The Morgan fingerprint density at radius 1 is 1.03 bits per heavy atom. The molecule has 2 amide bonds. The van der Waals surface area contributed by atoms with Crippen LogP contribution in [-0.2, 0) is 11.2 Å². The molecule has 0 bridgehead atoms. The quantitative estimate of drug-likeness (QED) is 0.631. The smallest absolute Gasteiger partial charge is 0.387 e. The van der Waals surface area contributed by atoms with Crippen LogP contribution in [0.25, 0.3) is 0 Å². The average molecular weight is 446 g/mol. The van der Waals surface area contributed by atoms with E-state index in [1.165, 1.54) is 12.1 Å². The van der Waals surface area contributed by atoms with Crippen molar-refractivity contribution in [3.05, 3.63) is 59.7 Å². The van der Waals surface area contributed by atoms with Gasteiger partial charge in [0.05, 0.1) is 6.61 Å². The minimum atomic E-state index is -2.85. The van der Waals surface area contributed by atoms with Gasteiger partial charge >= 0.3 is 6.61 Å². The summed E-state index contributed by atoms with van der Waals surface area (Å²) in [5.74, 6) is 0.758. The highest BCUT2D eigenvalue weighted by atomic mass is 19.3. The first-order valence-corrected chi connectivity index (χ1v) is 10.8. The maximum Gasteiger partial charge on any atom is 0.387 e. The van der Waals surface area contributed by atoms with Crippen LogP contribution in [0.15, 0.2) is 48.5 Å². The number of hydrogen-bond acceptors (Lipinski definition) is 4. The Balaban J connectivity index is 1.39. The number of carbonyl (C=O) groups is 2. The highest BCUT2D eigenvalue weighted by molar-refractivity contribution is 5.94. The van der Waals surface area contributed by atoms with Gasteiger partial charge in [-0.1, -0.05) is 12.1 Å². The number of halogens is 2. The van der Waals surface area contributed by atoms with Crippen molar-refractivity contribution in [1.29, 1.82) is 0 Å². The summed E-state index contributed by atoms with van der Waals surface area (Å²) in [6.45, 7) is 0.808. The summed E-state index contributed by atoms with van der Waals surface area (Å²) in [6, 6.07) is 13.5. The van der Waals surface area contributed by atoms with Crippen LogP contribution in [0.3, 0.4) is 0 Å². The van der Waals surface area contributed by atoms with Crippen LogP contribution >= 0.6 is 0 Å². The first-order chi connectivity index (χ1) is 15.4. The van der Waals surface area contributed by atoms with Gasteiger partial charge in [-0.3, -0.25) is 9.59 Å². The summed E-state index contributed by atoms with van der Waals surface area (Å²) in [5.41, 5.74) is 1.50. The fourth-order valence-corrected chi connectivity index (χ4v) is 3.67. The van der Waals surface area contributed by atoms with Gasteiger partial charge in [0.15, 0.2) is 0 Å². The molecule has 3 rings (SSSR count). The van der Waals surface area contributed by atoms with Crippen LogP contribution < -0.4 is 14.8 Å². The number of nitrogens with one attached hydrogen (secondary N) is 1. The highest BCUT2D eigenvalue weighted by Crippen LogP contribution is 2.18. The van der Waals surface area contributed by atoms with Gasteiger partial charge in [0, 0.05) is 31.1 Å². The number of amides is 2. The zero-order chi connectivity index (χ0) is 22.9. The third-order valence-electron chi connectivity index (χ3n) is 5.35. The van der Waals surface area contributed by atoms with Gasteiger partial charge in [-0.25, -0.2) is 0 Å². The van der Waals surface area contributed by atoms with Crippen LogP contribution in [0, 0.1) is 0 Å². The number of nitrogens with zero attached hydrogens (tertiary/aromatic N) is 1. The molecule has 0 aliphatic carbocycles. The van der Waals surface area contributed by atoms with Crippen molar-refractivity contribution >= 4 is 11.8 Å². The monoisotopic (exact) mass is 446 g/mol. The van der Waals surface area contributed by atoms with E-state index in [1.54, 1.807) is 41.3 Å². The van der Waals surface area contributed by atoms with Crippen LogP contribution in [0.5, 0.6) is 11.5 Å². The van der Waals surface area contributed by atoms with Crippen LogP contribution in [-0.4, -0.2) is 49.1 Å². The zero-order valence-electron chi connectivity index (χ0n) is 18.1. The zero-order valence-corrected chi connectivity index (χ0v) is 18.1. The molecule has 1 aliphatic heterocycles. The second kappa shape index (κ2) is 11.5. The van der Waals surface area contributed by atoms with Gasteiger partial charge < -0.3 is 19.7 Å². The number of benzene rings is 2. The highest BCUT2D eigenvalue weighted by Gasteiger charge is 2.24. The largest absolute Gasteiger partial charge is 0.494 e. The standard InChI is InChI=1S/C24H28F2N2O4/c1-2-31-20-10-6-18(7-11-20)23(30)28-15-13-19(14-16-28)27-22(29)12-5-17-3-8-21(9-4-17)32-24(25)26/h3-4,6-11,19,24H,2,5,12-16H2,1H3,(H,27,29). The molecule has 2 aromatic rings. The third kappa shape index (κ3) is 6.93. The van der Waals surface area contributed by atoms with Crippen molar-refractivity contribution in [2.24, 2.45) is 0 Å². The van der Waals surface area contributed by atoms with Crippen molar-refractivity contribution in [3.8, 4) is 11.5 Å². The molecule has 1 N–H and O–H groups in total. The van der Waals surface area contributed by atoms with Crippen molar-refractivity contribution in [1.82, 2.24) is 10.2 Å². The molecule has 0 radical (unpaired) electrons. The van der Waals surface area contributed by atoms with E-state index in [0.717, 1.165) is 11.3 Å². The van der Waals surface area contributed by atoms with E-state index in [0.29, 0.717) is 50.9 Å². The van der Waals surface area contributed by atoms with Gasteiger partial charge in [0.25, 0.3) is 5.91 Å². The minimum Gasteiger partial charge on any atom is -0.494 e. The van der Waals surface area contributed by atoms with E-state index in [9.17, 15) is 18.4 Å². The summed E-state index contributed by atoms with van der Waals surface area (Å²) >= 11 is 0. The second-order valence-corrected chi connectivity index (χ2v) is 7.61. The minimum absolute atomic E-state index is 0.0166. The molecule has 6 nitrogen and oxygen atoms in total. The Hall–Kier alpha value is -3.16. The van der Waals surface area contributed by atoms with E-state index >= 15 is 0 Å². The number of ether oxygens (including phenoxy) is 2. The summed E-state index contributed by atoms with van der Waals surface area (Å²) in [7, 11) is 0. The molecular weight excluding hydrogens is 418 g/mol. The Morgan fingerprint density at radius 2 is 1.66 bits per heavy atom. The average Bonchev–Trinajstić information content (AvgIpc) is 2.79. The predicted molar refractivity (Wildman–Crippen MR) is 116 cm³/mol. The van der Waals surface area contributed by atoms with Crippen molar-refractivity contribution in [3.63, 3.8) is 0 Å². The molecule has 0 saturated carbocycles. The SMILES string of the molecule is CCOc1ccc(C(=O)N2CCC(NC(=O)CCc3ccc(OC(F)F)cc3)CC2)cc1. The molecule has 1 heterocycles. The first kappa shape index (κ1) is 23.5. The summed E-state index contributed by atoms with van der Waals surface area (Å²) in [6.07, 6.45) is 2.22. The lowest BCUT2D eigenvalue weighted by Crippen LogP contribution is -2.46.